The highest BCUT2D eigenvalue weighted by atomic mass is 32.2. The molecule has 13 heavy (non-hydrogen) atoms. The zero-order valence-electron chi connectivity index (χ0n) is 7.73. The van der Waals surface area contributed by atoms with Gasteiger partial charge < -0.3 is 5.73 Å². The van der Waals surface area contributed by atoms with Gasteiger partial charge in [-0.05, 0) is 6.92 Å². The van der Waals surface area contributed by atoms with E-state index in [1.807, 2.05) is 4.72 Å². The number of nitrogens with two attached hydrogens (primary N) is 1. The van der Waals surface area contributed by atoms with E-state index in [9.17, 15) is 16.8 Å². The number of sulfone groups is 1. The van der Waals surface area contributed by atoms with Crippen molar-refractivity contribution in [3.63, 3.8) is 0 Å². The summed E-state index contributed by atoms with van der Waals surface area (Å²) in [5, 5.41) is 0. The molecule has 0 fully saturated rings. The van der Waals surface area contributed by atoms with Gasteiger partial charge in [0.25, 0.3) is 0 Å². The van der Waals surface area contributed by atoms with Crippen molar-refractivity contribution in [3.05, 3.63) is 0 Å². The van der Waals surface area contributed by atoms with Crippen LogP contribution in [0.2, 0.25) is 0 Å². The number of rotatable bonds is 4. The molecule has 0 bridgehead atoms. The Bertz CT molecular complexity index is 371. The predicted octanol–water partition coefficient (Wildman–Crippen LogP) is -1.74. The molecule has 0 saturated heterocycles. The quantitative estimate of drug-likeness (QED) is 0.596. The summed E-state index contributed by atoms with van der Waals surface area (Å²) >= 11 is 0. The third-order valence-electron chi connectivity index (χ3n) is 1.61. The molecule has 0 spiro atoms. The first-order valence-electron chi connectivity index (χ1n) is 3.40. The predicted molar refractivity (Wildman–Crippen MR) is 50.3 cm³/mol. The fourth-order valence-electron chi connectivity index (χ4n) is 0.661. The van der Waals surface area contributed by atoms with Crippen molar-refractivity contribution < 1.29 is 16.8 Å². The zero-order chi connectivity index (χ0) is 10.9. The molecule has 0 amide bonds. The zero-order valence-corrected chi connectivity index (χ0v) is 9.37. The van der Waals surface area contributed by atoms with Crippen LogP contribution >= 0.6 is 0 Å². The number of hydrogen-bond acceptors (Lipinski definition) is 5. The Morgan fingerprint density at radius 1 is 1.23 bits per heavy atom. The van der Waals surface area contributed by atoms with Gasteiger partial charge in [-0.15, -0.1) is 0 Å². The first-order chi connectivity index (χ1) is 5.52. The fraction of sp³-hybridized carbons (Fsp3) is 1.00. The Morgan fingerprint density at radius 3 is 1.69 bits per heavy atom. The molecule has 0 aliphatic rings. The van der Waals surface area contributed by atoms with Crippen LogP contribution in [0.1, 0.15) is 6.92 Å². The molecule has 0 aliphatic carbocycles. The second kappa shape index (κ2) is 3.52. The molecule has 3 N–H and O–H groups in total. The summed E-state index contributed by atoms with van der Waals surface area (Å²) in [6.45, 7) is 0.919. The van der Waals surface area contributed by atoms with Crippen molar-refractivity contribution >= 4 is 19.9 Å². The van der Waals surface area contributed by atoms with E-state index in [4.69, 9.17) is 5.73 Å². The summed E-state index contributed by atoms with van der Waals surface area (Å²) in [4.78, 5) is -1.62. The average molecular weight is 230 g/mol. The van der Waals surface area contributed by atoms with E-state index in [1.54, 1.807) is 0 Å². The summed E-state index contributed by atoms with van der Waals surface area (Å²) in [6.07, 6.45) is 1.81. The summed E-state index contributed by atoms with van der Waals surface area (Å²) in [7, 11) is -7.15. The SMILES string of the molecule is CC(CN)(NS(C)(=O)=O)S(C)(=O)=O. The molecule has 1 atom stereocenters. The van der Waals surface area contributed by atoms with Crippen LogP contribution in [0.4, 0.5) is 0 Å². The van der Waals surface area contributed by atoms with Crippen LogP contribution in [0.15, 0.2) is 0 Å². The largest absolute Gasteiger partial charge is 0.328 e. The lowest BCUT2D eigenvalue weighted by Gasteiger charge is -2.25. The van der Waals surface area contributed by atoms with Gasteiger partial charge >= 0.3 is 0 Å². The second-order valence-electron chi connectivity index (χ2n) is 3.08. The van der Waals surface area contributed by atoms with Gasteiger partial charge in [0, 0.05) is 12.8 Å². The van der Waals surface area contributed by atoms with E-state index in [0.717, 1.165) is 12.5 Å². The van der Waals surface area contributed by atoms with Crippen LogP contribution in [-0.2, 0) is 19.9 Å². The number of hydrogen-bond donors (Lipinski definition) is 2. The number of sulfonamides is 1. The molecular weight excluding hydrogens is 216 g/mol. The molecule has 8 heteroatoms. The third kappa shape index (κ3) is 3.59. The standard InChI is InChI=1S/C5H14N2O4S2/c1-5(4-6,12(2,8)9)7-13(3,10)11/h7H,4,6H2,1-3H3. The van der Waals surface area contributed by atoms with Crippen molar-refractivity contribution in [2.45, 2.75) is 11.8 Å². The van der Waals surface area contributed by atoms with E-state index in [-0.39, 0.29) is 6.54 Å². The highest BCUT2D eigenvalue weighted by Crippen LogP contribution is 2.11. The van der Waals surface area contributed by atoms with Gasteiger partial charge in [-0.2, -0.15) is 4.72 Å². The Morgan fingerprint density at radius 2 is 1.62 bits per heavy atom. The molecule has 0 saturated carbocycles. The van der Waals surface area contributed by atoms with Crippen molar-refractivity contribution in [1.82, 2.24) is 4.72 Å². The van der Waals surface area contributed by atoms with Crippen molar-refractivity contribution in [1.29, 1.82) is 0 Å². The highest BCUT2D eigenvalue weighted by Gasteiger charge is 2.36. The van der Waals surface area contributed by atoms with E-state index < -0.39 is 24.7 Å². The second-order valence-corrected chi connectivity index (χ2v) is 7.28. The number of nitrogens with one attached hydrogen (secondary N) is 1. The Labute approximate surface area is 78.5 Å². The van der Waals surface area contributed by atoms with Crippen LogP contribution in [0.25, 0.3) is 0 Å². The van der Waals surface area contributed by atoms with Crippen LogP contribution in [0, 0.1) is 0 Å². The van der Waals surface area contributed by atoms with Gasteiger partial charge in [-0.3, -0.25) is 0 Å². The third-order valence-corrected chi connectivity index (χ3v) is 4.47. The minimum Gasteiger partial charge on any atom is -0.328 e. The molecule has 0 heterocycles. The molecule has 80 valence electrons. The van der Waals surface area contributed by atoms with Crippen molar-refractivity contribution in [3.8, 4) is 0 Å². The van der Waals surface area contributed by atoms with E-state index in [1.165, 1.54) is 6.92 Å². The van der Waals surface area contributed by atoms with Gasteiger partial charge in [0.2, 0.25) is 10.0 Å². The lowest BCUT2D eigenvalue weighted by atomic mass is 10.4. The minimum atomic E-state index is -3.59. The maximum absolute atomic E-state index is 11.2. The van der Waals surface area contributed by atoms with Gasteiger partial charge in [-0.25, -0.2) is 16.8 Å². The van der Waals surface area contributed by atoms with E-state index >= 15 is 0 Å². The normalized spacial score (nSPS) is 18.2. The van der Waals surface area contributed by atoms with Crippen molar-refractivity contribution in [2.24, 2.45) is 5.73 Å². The monoisotopic (exact) mass is 230 g/mol. The maximum atomic E-state index is 11.2. The molecule has 0 aromatic carbocycles. The fourth-order valence-corrected chi connectivity index (χ4v) is 2.89. The topological polar surface area (TPSA) is 106 Å². The van der Waals surface area contributed by atoms with Gasteiger partial charge in [0.1, 0.15) is 4.87 Å². The molecule has 0 radical (unpaired) electrons. The van der Waals surface area contributed by atoms with Crippen LogP contribution in [-0.4, -0.2) is 40.8 Å². The molecule has 0 aliphatic heterocycles. The minimum absolute atomic E-state index is 0.307. The summed E-state index contributed by atoms with van der Waals surface area (Å²) < 4.78 is 45.9. The van der Waals surface area contributed by atoms with Gasteiger partial charge in [-0.1, -0.05) is 0 Å². The van der Waals surface area contributed by atoms with Crippen LogP contribution in [0.3, 0.4) is 0 Å². The Hall–Kier alpha value is -0.180. The molecule has 1 unspecified atom stereocenters. The molecular formula is C5H14N2O4S2. The first-order valence-corrected chi connectivity index (χ1v) is 7.19. The summed E-state index contributed by atoms with van der Waals surface area (Å²) in [5.74, 6) is 0. The van der Waals surface area contributed by atoms with Crippen LogP contribution < -0.4 is 10.5 Å². The summed E-state index contributed by atoms with van der Waals surface area (Å²) in [5.41, 5.74) is 5.19. The Balaban J connectivity index is 5.12. The smallest absolute Gasteiger partial charge is 0.210 e. The van der Waals surface area contributed by atoms with Gasteiger partial charge in [0.05, 0.1) is 6.26 Å². The summed E-state index contributed by atoms with van der Waals surface area (Å²) in [6, 6.07) is 0. The molecule has 6 nitrogen and oxygen atoms in total. The van der Waals surface area contributed by atoms with Gasteiger partial charge in [0.15, 0.2) is 9.84 Å². The van der Waals surface area contributed by atoms with E-state index in [2.05, 4.69) is 0 Å². The highest BCUT2D eigenvalue weighted by molar-refractivity contribution is 7.94. The lowest BCUT2D eigenvalue weighted by Crippen LogP contribution is -2.56. The molecule has 0 aromatic rings. The van der Waals surface area contributed by atoms with E-state index in [0.29, 0.717) is 0 Å². The van der Waals surface area contributed by atoms with Crippen LogP contribution in [0.5, 0.6) is 0 Å². The first kappa shape index (κ1) is 12.8. The average Bonchev–Trinajstić information content (AvgIpc) is 1.81. The van der Waals surface area contributed by atoms with Crippen molar-refractivity contribution in [2.75, 3.05) is 19.1 Å². The lowest BCUT2D eigenvalue weighted by molar-refractivity contribution is 0.505. The maximum Gasteiger partial charge on any atom is 0.210 e. The molecule has 0 rings (SSSR count). The Kier molecular flexibility index (Phi) is 3.47. The molecule has 0 aromatic heterocycles.